The Morgan fingerprint density at radius 2 is 1.83 bits per heavy atom. The lowest BCUT2D eigenvalue weighted by Gasteiger charge is -2.28. The predicted molar refractivity (Wildman–Crippen MR) is 143 cm³/mol. The maximum Gasteiger partial charge on any atom is 0.254 e. The van der Waals surface area contributed by atoms with Gasteiger partial charge in [-0.1, -0.05) is 53.2 Å². The van der Waals surface area contributed by atoms with Crippen LogP contribution >= 0.6 is 35.0 Å². The van der Waals surface area contributed by atoms with E-state index in [2.05, 4.69) is 22.0 Å². The molecule has 7 nitrogen and oxygen atoms in total. The minimum atomic E-state index is -0.740. The highest BCUT2D eigenvalue weighted by Gasteiger charge is 2.36. The number of hydrogen-bond donors (Lipinski definition) is 3. The lowest BCUT2D eigenvalue weighted by atomic mass is 9.85. The number of carbonyl (C=O) groups excluding carboxylic acids is 2. The summed E-state index contributed by atoms with van der Waals surface area (Å²) in [6, 6.07) is 19.5. The fourth-order valence-corrected chi connectivity index (χ4v) is 4.89. The Bertz CT molecular complexity index is 1400. The number of para-hydroxylation sites is 1. The van der Waals surface area contributed by atoms with Gasteiger partial charge in [-0.3, -0.25) is 9.59 Å². The SMILES string of the molecule is CC1=C(C(=O)Nc2ccccc2)[C@@H](c2ccco2)C(C#N)=C(SCC(=O)Nc2ccc(Cl)c(Cl)c2)N1. The van der Waals surface area contributed by atoms with Crippen molar-refractivity contribution in [3.8, 4) is 6.07 Å². The van der Waals surface area contributed by atoms with Crippen molar-refractivity contribution in [1.29, 1.82) is 5.26 Å². The van der Waals surface area contributed by atoms with E-state index in [1.807, 2.05) is 18.2 Å². The van der Waals surface area contributed by atoms with Gasteiger partial charge in [0.1, 0.15) is 5.76 Å². The first-order valence-electron chi connectivity index (χ1n) is 10.8. The van der Waals surface area contributed by atoms with E-state index in [1.54, 1.807) is 49.4 Å². The fraction of sp³-hybridized carbons (Fsp3) is 0.115. The Balaban J connectivity index is 1.57. The van der Waals surface area contributed by atoms with Crippen LogP contribution in [0.25, 0.3) is 0 Å². The summed E-state index contributed by atoms with van der Waals surface area (Å²) in [5.74, 6) is -0.938. The molecule has 182 valence electrons. The summed E-state index contributed by atoms with van der Waals surface area (Å²) < 4.78 is 5.62. The largest absolute Gasteiger partial charge is 0.468 e. The van der Waals surface area contributed by atoms with Crippen LogP contribution in [-0.4, -0.2) is 17.6 Å². The molecule has 0 fully saturated rings. The van der Waals surface area contributed by atoms with E-state index in [0.29, 0.717) is 43.5 Å². The van der Waals surface area contributed by atoms with Gasteiger partial charge in [0, 0.05) is 17.1 Å². The lowest BCUT2D eigenvalue weighted by Crippen LogP contribution is -2.31. The number of nitrogens with one attached hydrogen (secondary N) is 3. The van der Waals surface area contributed by atoms with Gasteiger partial charge >= 0.3 is 0 Å². The van der Waals surface area contributed by atoms with Gasteiger partial charge < -0.3 is 20.4 Å². The standard InChI is InChI=1S/C26H20Cl2N4O3S/c1-15-23(25(34)32-16-6-3-2-4-7-16)24(21-8-5-11-35-21)18(13-29)26(30-15)36-14-22(33)31-17-9-10-19(27)20(28)12-17/h2-12,24,30H,14H2,1H3,(H,31,33)(H,32,34)/t24-/m1/s1. The van der Waals surface area contributed by atoms with Gasteiger partial charge in [0.05, 0.1) is 50.2 Å². The number of furan rings is 1. The Morgan fingerprint density at radius 3 is 2.50 bits per heavy atom. The molecule has 2 heterocycles. The van der Waals surface area contributed by atoms with Crippen molar-refractivity contribution in [1.82, 2.24) is 5.32 Å². The number of allylic oxidation sites excluding steroid dienone is 2. The first kappa shape index (κ1) is 25.5. The summed E-state index contributed by atoms with van der Waals surface area (Å²) >= 11 is 13.1. The van der Waals surface area contributed by atoms with E-state index in [4.69, 9.17) is 27.6 Å². The molecule has 36 heavy (non-hydrogen) atoms. The molecule has 10 heteroatoms. The van der Waals surface area contributed by atoms with Crippen LogP contribution in [-0.2, 0) is 9.59 Å². The Labute approximate surface area is 222 Å². The molecule has 2 amide bonds. The number of benzene rings is 2. The lowest BCUT2D eigenvalue weighted by molar-refractivity contribution is -0.114. The molecule has 1 atom stereocenters. The first-order valence-corrected chi connectivity index (χ1v) is 12.5. The number of nitrogens with zero attached hydrogens (tertiary/aromatic N) is 1. The third-order valence-electron chi connectivity index (χ3n) is 5.30. The minimum Gasteiger partial charge on any atom is -0.468 e. The molecule has 4 rings (SSSR count). The van der Waals surface area contributed by atoms with Crippen LogP contribution in [0, 0.1) is 11.3 Å². The van der Waals surface area contributed by atoms with Crippen molar-refractivity contribution in [2.24, 2.45) is 0 Å². The second-order valence-electron chi connectivity index (χ2n) is 7.75. The van der Waals surface area contributed by atoms with Gasteiger partial charge in [0.15, 0.2) is 0 Å². The number of hydrogen-bond acceptors (Lipinski definition) is 6. The molecule has 0 aliphatic carbocycles. The Hall–Kier alpha value is -3.64. The highest BCUT2D eigenvalue weighted by molar-refractivity contribution is 8.03. The number of nitriles is 1. The van der Waals surface area contributed by atoms with Crippen molar-refractivity contribution < 1.29 is 14.0 Å². The molecule has 0 saturated carbocycles. The normalized spacial score (nSPS) is 15.2. The van der Waals surface area contributed by atoms with Gasteiger partial charge in [-0.25, -0.2) is 0 Å². The van der Waals surface area contributed by atoms with E-state index < -0.39 is 5.92 Å². The van der Waals surface area contributed by atoms with Crippen LogP contribution in [0.3, 0.4) is 0 Å². The van der Waals surface area contributed by atoms with Gasteiger partial charge in [-0.15, -0.1) is 0 Å². The highest BCUT2D eigenvalue weighted by atomic mass is 35.5. The number of dihydropyridines is 1. The molecule has 3 aromatic rings. The van der Waals surface area contributed by atoms with Crippen molar-refractivity contribution >= 4 is 58.2 Å². The third kappa shape index (κ3) is 5.77. The van der Waals surface area contributed by atoms with Gasteiger partial charge in [0.2, 0.25) is 5.91 Å². The molecule has 0 saturated heterocycles. The van der Waals surface area contributed by atoms with Crippen molar-refractivity contribution in [3.05, 3.63) is 105 Å². The fourth-order valence-electron chi connectivity index (χ4n) is 3.70. The van der Waals surface area contributed by atoms with Crippen molar-refractivity contribution in [2.45, 2.75) is 12.8 Å². The summed E-state index contributed by atoms with van der Waals surface area (Å²) in [5, 5.41) is 20.0. The number of rotatable bonds is 7. The molecular weight excluding hydrogens is 519 g/mol. The van der Waals surface area contributed by atoms with Gasteiger partial charge in [-0.05, 0) is 49.4 Å². The molecule has 1 aliphatic heterocycles. The summed E-state index contributed by atoms with van der Waals surface area (Å²) in [7, 11) is 0. The number of anilines is 2. The summed E-state index contributed by atoms with van der Waals surface area (Å²) in [5.41, 5.74) is 2.32. The first-order chi connectivity index (χ1) is 17.4. The number of halogens is 2. The Kier molecular flexibility index (Phi) is 8.06. The van der Waals surface area contributed by atoms with Crippen molar-refractivity contribution in [2.75, 3.05) is 16.4 Å². The second-order valence-corrected chi connectivity index (χ2v) is 9.55. The van der Waals surface area contributed by atoms with Crippen molar-refractivity contribution in [3.63, 3.8) is 0 Å². The van der Waals surface area contributed by atoms with Crippen LogP contribution in [0.15, 0.2) is 93.2 Å². The highest BCUT2D eigenvalue weighted by Crippen LogP contribution is 2.41. The van der Waals surface area contributed by atoms with Crippen LogP contribution in [0.2, 0.25) is 10.0 Å². The monoisotopic (exact) mass is 538 g/mol. The molecule has 0 spiro atoms. The quantitative estimate of drug-likeness (QED) is 0.326. The topological polar surface area (TPSA) is 107 Å². The van der Waals surface area contributed by atoms with E-state index in [-0.39, 0.29) is 23.1 Å². The Morgan fingerprint density at radius 1 is 1.06 bits per heavy atom. The maximum absolute atomic E-state index is 13.3. The number of thioether (sulfide) groups is 1. The number of carbonyl (C=O) groups is 2. The molecule has 1 aromatic heterocycles. The average molecular weight is 539 g/mol. The molecular formula is C26H20Cl2N4O3S. The van der Waals surface area contributed by atoms with Crippen LogP contribution in [0.5, 0.6) is 0 Å². The van der Waals surface area contributed by atoms with Gasteiger partial charge in [-0.2, -0.15) is 5.26 Å². The van der Waals surface area contributed by atoms with Crippen LogP contribution in [0.1, 0.15) is 18.6 Å². The smallest absolute Gasteiger partial charge is 0.254 e. The molecule has 0 bridgehead atoms. The molecule has 0 radical (unpaired) electrons. The summed E-state index contributed by atoms with van der Waals surface area (Å²) in [6.07, 6.45) is 1.49. The second kappa shape index (κ2) is 11.4. The number of amides is 2. The predicted octanol–water partition coefficient (Wildman–Crippen LogP) is 6.29. The molecule has 3 N–H and O–H groups in total. The van der Waals surface area contributed by atoms with E-state index >= 15 is 0 Å². The maximum atomic E-state index is 13.3. The molecule has 1 aliphatic rings. The summed E-state index contributed by atoms with van der Waals surface area (Å²) in [4.78, 5) is 25.9. The molecule has 0 unspecified atom stereocenters. The van der Waals surface area contributed by atoms with Crippen LogP contribution in [0.4, 0.5) is 11.4 Å². The van der Waals surface area contributed by atoms with Crippen LogP contribution < -0.4 is 16.0 Å². The minimum absolute atomic E-state index is 0.0114. The zero-order valence-electron chi connectivity index (χ0n) is 19.0. The van der Waals surface area contributed by atoms with E-state index in [9.17, 15) is 14.9 Å². The van der Waals surface area contributed by atoms with Gasteiger partial charge in [0.25, 0.3) is 5.91 Å². The summed E-state index contributed by atoms with van der Waals surface area (Å²) in [6.45, 7) is 1.75. The van der Waals surface area contributed by atoms with E-state index in [0.717, 1.165) is 11.8 Å². The molecule has 2 aromatic carbocycles. The zero-order valence-corrected chi connectivity index (χ0v) is 21.3. The average Bonchev–Trinajstić information content (AvgIpc) is 3.40. The third-order valence-corrected chi connectivity index (χ3v) is 7.06. The van der Waals surface area contributed by atoms with E-state index in [1.165, 1.54) is 6.26 Å². The zero-order chi connectivity index (χ0) is 25.7.